The van der Waals surface area contributed by atoms with Gasteiger partial charge in [0.15, 0.2) is 5.58 Å². The highest BCUT2D eigenvalue weighted by Crippen LogP contribution is 2.39. The van der Waals surface area contributed by atoms with E-state index in [1.165, 1.54) is 4.70 Å². The van der Waals surface area contributed by atoms with E-state index in [4.69, 9.17) is 19.4 Å². The zero-order valence-corrected chi connectivity index (χ0v) is 24.3. The molecular weight excluding hydrogens is 559 g/mol. The van der Waals surface area contributed by atoms with E-state index >= 15 is 0 Å². The van der Waals surface area contributed by atoms with Gasteiger partial charge in [-0.2, -0.15) is 0 Å². The SMILES string of the molecule is c1ccc(-c2nc3c(ccc4c(-c5ccc(-c6ccc7sc(-c8ccccc8)nc7c6)cc5)nc5ccccc5c43)o2)cc1. The van der Waals surface area contributed by atoms with E-state index in [1.807, 2.05) is 48.5 Å². The summed E-state index contributed by atoms with van der Waals surface area (Å²) in [5.41, 5.74) is 9.93. The van der Waals surface area contributed by atoms with Gasteiger partial charge in [-0.3, -0.25) is 0 Å². The maximum atomic E-state index is 6.24. The van der Waals surface area contributed by atoms with Crippen LogP contribution in [0.15, 0.2) is 144 Å². The van der Waals surface area contributed by atoms with Crippen molar-refractivity contribution in [2.75, 3.05) is 0 Å². The number of thiazole rings is 1. The molecule has 0 aliphatic heterocycles. The molecule has 3 heterocycles. The average Bonchev–Trinajstić information content (AvgIpc) is 3.73. The lowest BCUT2D eigenvalue weighted by atomic mass is 9.97. The van der Waals surface area contributed by atoms with Crippen LogP contribution in [0.1, 0.15) is 0 Å². The molecule has 0 radical (unpaired) electrons. The Bertz CT molecular complexity index is 2480. The summed E-state index contributed by atoms with van der Waals surface area (Å²) < 4.78 is 7.43. The van der Waals surface area contributed by atoms with E-state index < -0.39 is 0 Å². The average molecular weight is 582 g/mol. The van der Waals surface area contributed by atoms with Crippen LogP contribution >= 0.6 is 11.3 Å². The molecule has 9 aromatic rings. The molecule has 0 saturated heterocycles. The van der Waals surface area contributed by atoms with Gasteiger partial charge in [0.25, 0.3) is 0 Å². The Hall–Kier alpha value is -5.65. The Morgan fingerprint density at radius 1 is 0.477 bits per heavy atom. The topological polar surface area (TPSA) is 51.8 Å². The number of hydrogen-bond acceptors (Lipinski definition) is 5. The van der Waals surface area contributed by atoms with Crippen LogP contribution in [0.2, 0.25) is 0 Å². The maximum absolute atomic E-state index is 6.24. The number of rotatable bonds is 4. The van der Waals surface area contributed by atoms with Crippen molar-refractivity contribution in [2.24, 2.45) is 0 Å². The fourth-order valence-electron chi connectivity index (χ4n) is 5.98. The highest BCUT2D eigenvalue weighted by Gasteiger charge is 2.17. The van der Waals surface area contributed by atoms with E-state index in [2.05, 4.69) is 91.0 Å². The minimum absolute atomic E-state index is 0.618. The van der Waals surface area contributed by atoms with Crippen LogP contribution in [0.5, 0.6) is 0 Å². The summed E-state index contributed by atoms with van der Waals surface area (Å²) in [4.78, 5) is 15.1. The molecule has 0 bridgehead atoms. The van der Waals surface area contributed by atoms with E-state index in [1.54, 1.807) is 11.3 Å². The minimum atomic E-state index is 0.618. The van der Waals surface area contributed by atoms with E-state index in [0.29, 0.717) is 5.89 Å². The molecule has 0 unspecified atom stereocenters. The van der Waals surface area contributed by atoms with Crippen LogP contribution in [0.4, 0.5) is 0 Å². The van der Waals surface area contributed by atoms with Gasteiger partial charge in [-0.25, -0.2) is 15.0 Å². The van der Waals surface area contributed by atoms with Crippen LogP contribution in [-0.4, -0.2) is 15.0 Å². The van der Waals surface area contributed by atoms with Crippen LogP contribution in [0.25, 0.3) is 87.4 Å². The maximum Gasteiger partial charge on any atom is 0.227 e. The van der Waals surface area contributed by atoms with Crippen molar-refractivity contribution in [3.05, 3.63) is 140 Å². The van der Waals surface area contributed by atoms with Gasteiger partial charge in [-0.15, -0.1) is 11.3 Å². The lowest BCUT2D eigenvalue weighted by molar-refractivity contribution is 0.620. The smallest absolute Gasteiger partial charge is 0.227 e. The van der Waals surface area contributed by atoms with Gasteiger partial charge >= 0.3 is 0 Å². The number of para-hydroxylation sites is 1. The van der Waals surface area contributed by atoms with Crippen molar-refractivity contribution >= 4 is 54.3 Å². The Balaban J connectivity index is 1.15. The van der Waals surface area contributed by atoms with Gasteiger partial charge in [0.2, 0.25) is 5.89 Å². The molecule has 0 aliphatic rings. The largest absolute Gasteiger partial charge is 0.436 e. The van der Waals surface area contributed by atoms with Gasteiger partial charge < -0.3 is 4.42 Å². The van der Waals surface area contributed by atoms with Crippen LogP contribution in [0, 0.1) is 0 Å². The van der Waals surface area contributed by atoms with Crippen molar-refractivity contribution in [3.8, 4) is 44.4 Å². The third-order valence-corrected chi connectivity index (χ3v) is 9.23. The van der Waals surface area contributed by atoms with Crippen molar-refractivity contribution in [1.29, 1.82) is 0 Å². The van der Waals surface area contributed by atoms with E-state index in [0.717, 1.165) is 76.8 Å². The molecule has 3 aromatic heterocycles. The van der Waals surface area contributed by atoms with Crippen LogP contribution < -0.4 is 0 Å². The number of pyridine rings is 1. The fourth-order valence-corrected chi connectivity index (χ4v) is 6.93. The Morgan fingerprint density at radius 2 is 1.18 bits per heavy atom. The molecule has 0 fully saturated rings. The molecule has 6 aromatic carbocycles. The second-order valence-corrected chi connectivity index (χ2v) is 11.9. The molecular formula is C39H23N3OS. The molecule has 0 N–H and O–H groups in total. The van der Waals surface area contributed by atoms with E-state index in [9.17, 15) is 0 Å². The van der Waals surface area contributed by atoms with Crippen LogP contribution in [-0.2, 0) is 0 Å². The number of fused-ring (bicyclic) bond motifs is 6. The first-order valence-corrected chi connectivity index (χ1v) is 15.3. The predicted molar refractivity (Wildman–Crippen MR) is 182 cm³/mol. The summed E-state index contributed by atoms with van der Waals surface area (Å²) in [7, 11) is 0. The monoisotopic (exact) mass is 581 g/mol. The lowest BCUT2D eigenvalue weighted by Crippen LogP contribution is -1.91. The zero-order chi connectivity index (χ0) is 29.0. The number of aromatic nitrogens is 3. The van der Waals surface area contributed by atoms with Crippen molar-refractivity contribution in [1.82, 2.24) is 15.0 Å². The van der Waals surface area contributed by atoms with Crippen molar-refractivity contribution in [3.63, 3.8) is 0 Å². The number of nitrogens with zero attached hydrogens (tertiary/aromatic N) is 3. The predicted octanol–water partition coefficient (Wildman–Crippen LogP) is 10.8. The third-order valence-electron chi connectivity index (χ3n) is 8.14. The minimum Gasteiger partial charge on any atom is -0.436 e. The molecule has 206 valence electrons. The summed E-state index contributed by atoms with van der Waals surface area (Å²) in [5.74, 6) is 0.618. The van der Waals surface area contributed by atoms with Crippen LogP contribution in [0.3, 0.4) is 0 Å². The molecule has 0 aliphatic carbocycles. The summed E-state index contributed by atoms with van der Waals surface area (Å²) >= 11 is 1.73. The quantitative estimate of drug-likeness (QED) is 0.194. The highest BCUT2D eigenvalue weighted by molar-refractivity contribution is 7.21. The summed E-state index contributed by atoms with van der Waals surface area (Å²) in [6.45, 7) is 0. The second kappa shape index (κ2) is 9.97. The summed E-state index contributed by atoms with van der Waals surface area (Å²) in [6, 6.07) is 48.0. The number of oxazole rings is 1. The normalized spacial score (nSPS) is 11.6. The lowest BCUT2D eigenvalue weighted by Gasteiger charge is -2.11. The first-order chi connectivity index (χ1) is 21.8. The van der Waals surface area contributed by atoms with Gasteiger partial charge in [0.05, 0.1) is 21.4 Å². The molecule has 0 saturated carbocycles. The van der Waals surface area contributed by atoms with Gasteiger partial charge in [-0.05, 0) is 53.6 Å². The molecule has 5 heteroatoms. The molecule has 44 heavy (non-hydrogen) atoms. The van der Waals surface area contributed by atoms with Gasteiger partial charge in [0.1, 0.15) is 10.5 Å². The first kappa shape index (κ1) is 24.9. The first-order valence-electron chi connectivity index (χ1n) is 14.5. The molecule has 4 nitrogen and oxygen atoms in total. The van der Waals surface area contributed by atoms with Gasteiger partial charge in [0, 0.05) is 32.8 Å². The van der Waals surface area contributed by atoms with Crippen molar-refractivity contribution in [2.45, 2.75) is 0 Å². The van der Waals surface area contributed by atoms with Gasteiger partial charge in [-0.1, -0.05) is 97.1 Å². The summed E-state index contributed by atoms with van der Waals surface area (Å²) in [6.07, 6.45) is 0. The standard InChI is InChI=1S/C39H23N3OS/c1-3-9-26(10-4-1)38-42-37-33(43-38)21-20-30-35(37)29-13-7-8-14-31(29)40-36(30)25-17-15-24(16-18-25)28-19-22-34-32(23-28)41-39(44-34)27-11-5-2-6-12-27/h1-23H. The molecule has 0 amide bonds. The molecule has 0 spiro atoms. The molecule has 9 rings (SSSR count). The number of hydrogen-bond donors (Lipinski definition) is 0. The Kier molecular flexibility index (Phi) is 5.64. The van der Waals surface area contributed by atoms with Crippen molar-refractivity contribution < 1.29 is 4.42 Å². The summed E-state index contributed by atoms with van der Waals surface area (Å²) in [5, 5.41) is 4.21. The second-order valence-electron chi connectivity index (χ2n) is 10.8. The Morgan fingerprint density at radius 3 is 2.00 bits per heavy atom. The highest BCUT2D eigenvalue weighted by atomic mass is 32.1. The Labute approximate surface area is 256 Å². The third kappa shape index (κ3) is 4.09. The zero-order valence-electron chi connectivity index (χ0n) is 23.4. The van der Waals surface area contributed by atoms with E-state index in [-0.39, 0.29) is 0 Å². The molecule has 0 atom stereocenters. The fraction of sp³-hybridized carbons (Fsp3) is 0. The number of benzene rings is 6.